The maximum atomic E-state index is 12.8. The highest BCUT2D eigenvalue weighted by Gasteiger charge is 2.50. The number of rotatable bonds is 1. The monoisotopic (exact) mass is 328 g/mol. The van der Waals surface area contributed by atoms with E-state index in [-0.39, 0.29) is 12.1 Å². The molecule has 0 aliphatic carbocycles. The van der Waals surface area contributed by atoms with Gasteiger partial charge in [0.25, 0.3) is 0 Å². The highest BCUT2D eigenvalue weighted by Crippen LogP contribution is 2.46. The molecule has 2 unspecified atom stereocenters. The molecule has 4 rings (SSSR count). The quantitative estimate of drug-likeness (QED) is 0.842. The number of anilines is 1. The second kappa shape index (κ2) is 4.90. The second-order valence-electron chi connectivity index (χ2n) is 6.29. The minimum atomic E-state index is -0.739. The van der Waals surface area contributed by atoms with Gasteiger partial charge in [-0.2, -0.15) is 0 Å². The third-order valence-electron chi connectivity index (χ3n) is 4.59. The fourth-order valence-corrected chi connectivity index (χ4v) is 3.68. The molecule has 1 saturated heterocycles. The summed E-state index contributed by atoms with van der Waals surface area (Å²) >= 11 is 6.14. The lowest BCUT2D eigenvalue weighted by molar-refractivity contribution is 0.0378. The molecule has 2 aliphatic heterocycles. The van der Waals surface area contributed by atoms with Crippen LogP contribution in [-0.2, 0) is 0 Å². The zero-order chi connectivity index (χ0) is 16.2. The molecule has 4 nitrogen and oxygen atoms in total. The molecule has 1 fully saturated rings. The summed E-state index contributed by atoms with van der Waals surface area (Å²) in [4.78, 5) is 14.5. The first-order valence-corrected chi connectivity index (χ1v) is 8.00. The molecule has 0 radical (unpaired) electrons. The number of nitrogens with one attached hydrogen (secondary N) is 1. The number of carbonyl (C=O) groups is 1. The number of nitrogens with zero attached hydrogens (tertiary/aromatic N) is 1. The summed E-state index contributed by atoms with van der Waals surface area (Å²) in [5.74, 6) is 0.816. The molecule has 2 aliphatic rings. The van der Waals surface area contributed by atoms with Crippen LogP contribution in [0.25, 0.3) is 0 Å². The number of hydrogen-bond acceptors (Lipinski definition) is 2. The highest BCUT2D eigenvalue weighted by atomic mass is 35.5. The number of para-hydroxylation sites is 1. The number of urea groups is 1. The summed E-state index contributed by atoms with van der Waals surface area (Å²) in [6.07, 6.45) is 0.682. The van der Waals surface area contributed by atoms with Gasteiger partial charge in [-0.15, -0.1) is 0 Å². The van der Waals surface area contributed by atoms with Crippen molar-refractivity contribution in [3.63, 3.8) is 0 Å². The Kier molecular flexibility index (Phi) is 3.07. The minimum Gasteiger partial charge on any atom is -0.467 e. The first kappa shape index (κ1) is 14.4. The number of aryl methyl sites for hydroxylation is 1. The molecule has 2 amide bonds. The van der Waals surface area contributed by atoms with Crippen molar-refractivity contribution in [2.24, 2.45) is 0 Å². The second-order valence-corrected chi connectivity index (χ2v) is 6.72. The van der Waals surface area contributed by atoms with E-state index in [4.69, 9.17) is 16.3 Å². The van der Waals surface area contributed by atoms with Crippen molar-refractivity contribution >= 4 is 23.3 Å². The summed E-state index contributed by atoms with van der Waals surface area (Å²) in [6, 6.07) is 13.2. The van der Waals surface area contributed by atoms with Crippen LogP contribution in [0.1, 0.15) is 30.5 Å². The topological polar surface area (TPSA) is 41.6 Å². The zero-order valence-electron chi connectivity index (χ0n) is 13.0. The lowest BCUT2D eigenvalue weighted by atomic mass is 9.90. The SMILES string of the molecule is Cc1ccc(Cl)cc1N1C(=O)NC2CC1(C)Oc1ccccc12. The molecule has 1 N–H and O–H groups in total. The van der Waals surface area contributed by atoms with Crippen LogP contribution < -0.4 is 15.0 Å². The van der Waals surface area contributed by atoms with Gasteiger partial charge in [-0.25, -0.2) is 4.79 Å². The molecule has 118 valence electrons. The maximum absolute atomic E-state index is 12.8. The van der Waals surface area contributed by atoms with E-state index in [0.717, 1.165) is 22.6 Å². The molecule has 23 heavy (non-hydrogen) atoms. The van der Waals surface area contributed by atoms with Gasteiger partial charge in [0.15, 0.2) is 5.72 Å². The van der Waals surface area contributed by atoms with Gasteiger partial charge in [0.2, 0.25) is 0 Å². The first-order valence-electron chi connectivity index (χ1n) is 7.63. The molecule has 2 aromatic rings. The Morgan fingerprint density at radius 1 is 1.30 bits per heavy atom. The normalized spacial score (nSPS) is 25.4. The van der Waals surface area contributed by atoms with Crippen molar-refractivity contribution < 1.29 is 9.53 Å². The predicted octanol–water partition coefficient (Wildman–Crippen LogP) is 4.42. The minimum absolute atomic E-state index is 0.0341. The van der Waals surface area contributed by atoms with E-state index < -0.39 is 5.72 Å². The van der Waals surface area contributed by atoms with Crippen molar-refractivity contribution in [2.75, 3.05) is 4.90 Å². The van der Waals surface area contributed by atoms with Crippen molar-refractivity contribution in [2.45, 2.75) is 32.0 Å². The Bertz CT molecular complexity index is 807. The first-order chi connectivity index (χ1) is 11.0. The average molecular weight is 329 g/mol. The largest absolute Gasteiger partial charge is 0.467 e. The molecule has 2 bridgehead atoms. The molecule has 5 heteroatoms. The van der Waals surface area contributed by atoms with E-state index in [9.17, 15) is 4.79 Å². The van der Waals surface area contributed by atoms with Gasteiger partial charge in [0.05, 0.1) is 11.7 Å². The smallest absolute Gasteiger partial charge is 0.325 e. The van der Waals surface area contributed by atoms with E-state index in [2.05, 4.69) is 5.32 Å². The molecule has 0 saturated carbocycles. The number of fused-ring (bicyclic) bond motifs is 4. The van der Waals surface area contributed by atoms with Crippen LogP contribution >= 0.6 is 11.6 Å². The van der Waals surface area contributed by atoms with E-state index >= 15 is 0 Å². The lowest BCUT2D eigenvalue weighted by Gasteiger charge is -2.50. The van der Waals surface area contributed by atoms with Gasteiger partial charge < -0.3 is 10.1 Å². The predicted molar refractivity (Wildman–Crippen MR) is 90.0 cm³/mol. The molecule has 0 aromatic heterocycles. The Hall–Kier alpha value is -2.20. The van der Waals surface area contributed by atoms with Gasteiger partial charge >= 0.3 is 6.03 Å². The molecule has 2 heterocycles. The Morgan fingerprint density at radius 3 is 2.91 bits per heavy atom. The molecule has 2 aromatic carbocycles. The average Bonchev–Trinajstić information content (AvgIpc) is 2.50. The van der Waals surface area contributed by atoms with Crippen LogP contribution in [0.15, 0.2) is 42.5 Å². The van der Waals surface area contributed by atoms with Gasteiger partial charge in [-0.05, 0) is 37.6 Å². The lowest BCUT2D eigenvalue weighted by Crippen LogP contribution is -2.65. The van der Waals surface area contributed by atoms with E-state index in [1.165, 1.54) is 0 Å². The van der Waals surface area contributed by atoms with Crippen LogP contribution in [0.2, 0.25) is 5.02 Å². The fourth-order valence-electron chi connectivity index (χ4n) is 3.51. The summed E-state index contributed by atoms with van der Waals surface area (Å²) in [5, 5.41) is 3.69. The fraction of sp³-hybridized carbons (Fsp3) is 0.278. The molecular weight excluding hydrogens is 312 g/mol. The number of benzene rings is 2. The zero-order valence-corrected chi connectivity index (χ0v) is 13.7. The van der Waals surface area contributed by atoms with E-state index in [1.807, 2.05) is 56.3 Å². The third-order valence-corrected chi connectivity index (χ3v) is 4.83. The standard InChI is InChI=1S/C18H17ClN2O2/c1-11-7-8-12(19)9-15(11)21-17(22)20-14-10-18(21,2)23-16-6-4-3-5-13(14)16/h3-9,14H,10H2,1-2H3,(H,20,22). The third kappa shape index (κ3) is 2.17. The maximum Gasteiger partial charge on any atom is 0.325 e. The number of ether oxygens (including phenoxy) is 1. The van der Waals surface area contributed by atoms with Crippen LogP contribution in [0.3, 0.4) is 0 Å². The molecular formula is C18H17ClN2O2. The molecule has 2 atom stereocenters. The van der Waals surface area contributed by atoms with Gasteiger partial charge in [0.1, 0.15) is 5.75 Å². The van der Waals surface area contributed by atoms with Crippen LogP contribution in [0, 0.1) is 6.92 Å². The summed E-state index contributed by atoms with van der Waals surface area (Å²) in [6.45, 7) is 3.92. The van der Waals surface area contributed by atoms with Crippen LogP contribution in [0.4, 0.5) is 10.5 Å². The number of hydrogen-bond donors (Lipinski definition) is 1. The number of amides is 2. The van der Waals surface area contributed by atoms with Crippen molar-refractivity contribution in [1.82, 2.24) is 5.32 Å². The Balaban J connectivity index is 1.84. The van der Waals surface area contributed by atoms with Crippen LogP contribution in [0.5, 0.6) is 5.75 Å². The van der Waals surface area contributed by atoms with Gasteiger partial charge in [-0.3, -0.25) is 4.90 Å². The molecule has 0 spiro atoms. The van der Waals surface area contributed by atoms with Crippen molar-refractivity contribution in [1.29, 1.82) is 0 Å². The van der Waals surface area contributed by atoms with Gasteiger partial charge in [0, 0.05) is 17.0 Å². The number of halogens is 1. The summed E-state index contributed by atoms with van der Waals surface area (Å²) in [5.41, 5.74) is 2.04. The van der Waals surface area contributed by atoms with Crippen molar-refractivity contribution in [3.05, 3.63) is 58.6 Å². The van der Waals surface area contributed by atoms with E-state index in [1.54, 1.807) is 4.90 Å². The van der Waals surface area contributed by atoms with Crippen LogP contribution in [-0.4, -0.2) is 11.8 Å². The summed E-state index contributed by atoms with van der Waals surface area (Å²) in [7, 11) is 0. The highest BCUT2D eigenvalue weighted by molar-refractivity contribution is 6.31. The van der Waals surface area contributed by atoms with E-state index in [0.29, 0.717) is 11.4 Å². The Labute approximate surface area is 140 Å². The summed E-state index contributed by atoms with van der Waals surface area (Å²) < 4.78 is 6.24. The number of carbonyl (C=O) groups excluding carboxylic acids is 1. The van der Waals surface area contributed by atoms with Gasteiger partial charge in [-0.1, -0.05) is 35.9 Å². The van der Waals surface area contributed by atoms with Crippen molar-refractivity contribution in [3.8, 4) is 5.75 Å². The Morgan fingerprint density at radius 2 is 2.09 bits per heavy atom.